The maximum absolute atomic E-state index is 12.6. The molecule has 0 aliphatic heterocycles. The first-order valence-electron chi connectivity index (χ1n) is 9.14. The summed E-state index contributed by atoms with van der Waals surface area (Å²) in [5.74, 6) is -1.43. The highest BCUT2D eigenvalue weighted by atomic mass is 79.9. The molecule has 158 valence electrons. The van der Waals surface area contributed by atoms with Gasteiger partial charge in [0.1, 0.15) is 9.88 Å². The topological polar surface area (TPSA) is 99.5 Å². The normalized spacial score (nSPS) is 10.9. The maximum Gasteiger partial charge on any atom is 0.348 e. The number of ether oxygens (including phenoxy) is 2. The number of hydrogen-bond acceptors (Lipinski definition) is 7. The van der Waals surface area contributed by atoms with Crippen molar-refractivity contribution in [3.8, 4) is 0 Å². The molecule has 1 N–H and O–H groups in total. The maximum atomic E-state index is 12.6. The lowest BCUT2D eigenvalue weighted by molar-refractivity contribution is -0.116. The highest BCUT2D eigenvalue weighted by Crippen LogP contribution is 2.34. The summed E-state index contributed by atoms with van der Waals surface area (Å²) in [7, 11) is 0. The van der Waals surface area contributed by atoms with Crippen molar-refractivity contribution in [2.45, 2.75) is 53.7 Å². The van der Waals surface area contributed by atoms with Gasteiger partial charge in [0.05, 0.1) is 35.5 Å². The van der Waals surface area contributed by atoms with E-state index < -0.39 is 11.9 Å². The number of aryl methyl sites for hydroxylation is 1. The second kappa shape index (κ2) is 10.0. The van der Waals surface area contributed by atoms with E-state index in [-0.39, 0.29) is 40.5 Å². The summed E-state index contributed by atoms with van der Waals surface area (Å²) in [5.41, 5.74) is 1.52. The van der Waals surface area contributed by atoms with E-state index in [0.29, 0.717) is 12.1 Å². The molecule has 8 nitrogen and oxygen atoms in total. The molecule has 10 heteroatoms. The van der Waals surface area contributed by atoms with E-state index in [2.05, 4.69) is 26.3 Å². The van der Waals surface area contributed by atoms with Gasteiger partial charge in [-0.25, -0.2) is 9.59 Å². The fraction of sp³-hybridized carbons (Fsp3) is 0.474. The smallest absolute Gasteiger partial charge is 0.348 e. The Kier molecular flexibility index (Phi) is 7.97. The second-order valence-electron chi connectivity index (χ2n) is 6.53. The first kappa shape index (κ1) is 23.1. The standard InChI is InChI=1S/C19H24BrN3O5S/c1-6-27-19(26)16-11(4)15(18(25)28-10(2)3)17(29-16)22-14(24)7-8-23-12(5)13(20)9-21-23/h9-10H,6-8H2,1-5H3,(H,22,24). The third-order valence-electron chi connectivity index (χ3n) is 4.00. The van der Waals surface area contributed by atoms with Crippen molar-refractivity contribution in [2.24, 2.45) is 0 Å². The molecule has 0 unspecified atom stereocenters. The lowest BCUT2D eigenvalue weighted by Gasteiger charge is -2.10. The van der Waals surface area contributed by atoms with Crippen molar-refractivity contribution >= 4 is 50.1 Å². The predicted molar refractivity (Wildman–Crippen MR) is 113 cm³/mol. The van der Waals surface area contributed by atoms with Crippen molar-refractivity contribution in [3.63, 3.8) is 0 Å². The molecule has 0 aliphatic rings. The van der Waals surface area contributed by atoms with Crippen molar-refractivity contribution in [2.75, 3.05) is 11.9 Å². The van der Waals surface area contributed by atoms with E-state index in [0.717, 1.165) is 21.5 Å². The van der Waals surface area contributed by atoms with Crippen molar-refractivity contribution in [3.05, 3.63) is 32.4 Å². The van der Waals surface area contributed by atoms with Crippen molar-refractivity contribution in [1.82, 2.24) is 9.78 Å². The monoisotopic (exact) mass is 485 g/mol. The quantitative estimate of drug-likeness (QED) is 0.565. The summed E-state index contributed by atoms with van der Waals surface area (Å²) < 4.78 is 12.9. The van der Waals surface area contributed by atoms with Crippen LogP contribution in [-0.4, -0.2) is 40.3 Å². The van der Waals surface area contributed by atoms with Gasteiger partial charge in [-0.1, -0.05) is 0 Å². The highest BCUT2D eigenvalue weighted by molar-refractivity contribution is 9.10. The molecule has 0 fully saturated rings. The molecule has 2 aromatic heterocycles. The van der Waals surface area contributed by atoms with Gasteiger partial charge >= 0.3 is 11.9 Å². The largest absolute Gasteiger partial charge is 0.462 e. The van der Waals surface area contributed by atoms with Crippen LogP contribution >= 0.6 is 27.3 Å². The van der Waals surface area contributed by atoms with Gasteiger partial charge in [0.25, 0.3) is 0 Å². The number of nitrogens with zero attached hydrogens (tertiary/aromatic N) is 2. The lowest BCUT2D eigenvalue weighted by atomic mass is 10.1. The number of aromatic nitrogens is 2. The van der Waals surface area contributed by atoms with Crippen LogP contribution in [0.25, 0.3) is 0 Å². The van der Waals surface area contributed by atoms with E-state index in [1.165, 1.54) is 0 Å². The van der Waals surface area contributed by atoms with Crippen LogP contribution in [0.1, 0.15) is 58.5 Å². The first-order chi connectivity index (χ1) is 13.6. The molecule has 0 radical (unpaired) electrons. The number of carbonyl (C=O) groups excluding carboxylic acids is 3. The van der Waals surface area contributed by atoms with E-state index in [1.807, 2.05) is 6.92 Å². The number of carbonyl (C=O) groups is 3. The van der Waals surface area contributed by atoms with E-state index >= 15 is 0 Å². The Morgan fingerprint density at radius 2 is 1.97 bits per heavy atom. The first-order valence-corrected chi connectivity index (χ1v) is 10.8. The van der Waals surface area contributed by atoms with E-state index in [1.54, 1.807) is 38.6 Å². The molecule has 0 spiro atoms. The third-order valence-corrected chi connectivity index (χ3v) is 5.97. The lowest BCUT2D eigenvalue weighted by Crippen LogP contribution is -2.18. The molecule has 0 aromatic carbocycles. The van der Waals surface area contributed by atoms with Crippen LogP contribution in [0.4, 0.5) is 5.00 Å². The Labute approximate surface area is 181 Å². The van der Waals surface area contributed by atoms with Crippen LogP contribution in [0.3, 0.4) is 0 Å². The zero-order chi connectivity index (χ0) is 21.7. The Bertz CT molecular complexity index is 919. The Hall–Kier alpha value is -2.20. The number of nitrogens with one attached hydrogen (secondary N) is 1. The summed E-state index contributed by atoms with van der Waals surface area (Å²) in [6.07, 6.45) is 1.48. The molecule has 0 bridgehead atoms. The van der Waals surface area contributed by atoms with Crippen LogP contribution in [0.2, 0.25) is 0 Å². The van der Waals surface area contributed by atoms with Crippen LogP contribution in [0.5, 0.6) is 0 Å². The second-order valence-corrected chi connectivity index (χ2v) is 8.41. The molecular weight excluding hydrogens is 462 g/mol. The van der Waals surface area contributed by atoms with Gasteiger partial charge in [-0.15, -0.1) is 11.3 Å². The van der Waals surface area contributed by atoms with Crippen molar-refractivity contribution < 1.29 is 23.9 Å². The molecule has 0 saturated carbocycles. The van der Waals surface area contributed by atoms with Gasteiger partial charge < -0.3 is 14.8 Å². The van der Waals surface area contributed by atoms with Crippen LogP contribution in [0, 0.1) is 13.8 Å². The van der Waals surface area contributed by atoms with Crippen LogP contribution in [-0.2, 0) is 20.8 Å². The van der Waals surface area contributed by atoms with Gasteiger partial charge in [0.2, 0.25) is 5.91 Å². The summed E-state index contributed by atoms with van der Waals surface area (Å²) >= 11 is 4.39. The number of hydrogen-bond donors (Lipinski definition) is 1. The Morgan fingerprint density at radius 1 is 1.28 bits per heavy atom. The number of amides is 1. The average molecular weight is 486 g/mol. The summed E-state index contributed by atoms with van der Waals surface area (Å²) in [6, 6.07) is 0. The van der Waals surface area contributed by atoms with Crippen molar-refractivity contribution in [1.29, 1.82) is 0 Å². The van der Waals surface area contributed by atoms with Gasteiger partial charge in [0, 0.05) is 12.1 Å². The number of anilines is 1. The number of thiophene rings is 1. The molecular formula is C19H24BrN3O5S. The molecule has 29 heavy (non-hydrogen) atoms. The molecule has 2 heterocycles. The van der Waals surface area contributed by atoms with E-state index in [9.17, 15) is 14.4 Å². The molecule has 0 atom stereocenters. The summed E-state index contributed by atoms with van der Waals surface area (Å²) in [4.78, 5) is 37.5. The SMILES string of the molecule is CCOC(=O)c1sc(NC(=O)CCn2ncc(Br)c2C)c(C(=O)OC(C)C)c1C. The van der Waals surface area contributed by atoms with Crippen LogP contribution < -0.4 is 5.32 Å². The summed E-state index contributed by atoms with van der Waals surface area (Å²) in [6.45, 7) is 9.28. The highest BCUT2D eigenvalue weighted by Gasteiger charge is 2.27. The molecule has 1 amide bonds. The Morgan fingerprint density at radius 3 is 2.52 bits per heavy atom. The van der Waals surface area contributed by atoms with Gasteiger partial charge in [-0.3, -0.25) is 9.48 Å². The fourth-order valence-corrected chi connectivity index (χ4v) is 3.96. The zero-order valence-corrected chi connectivity index (χ0v) is 19.4. The van der Waals surface area contributed by atoms with Gasteiger partial charge in [-0.05, 0) is 56.1 Å². The minimum Gasteiger partial charge on any atom is -0.462 e. The molecule has 2 rings (SSSR count). The number of esters is 2. The average Bonchev–Trinajstić information content (AvgIpc) is 3.12. The fourth-order valence-electron chi connectivity index (χ4n) is 2.56. The minimum atomic E-state index is -0.591. The predicted octanol–water partition coefficient (Wildman–Crippen LogP) is 4.09. The van der Waals surface area contributed by atoms with E-state index in [4.69, 9.17) is 9.47 Å². The summed E-state index contributed by atoms with van der Waals surface area (Å²) in [5, 5.41) is 7.21. The zero-order valence-electron chi connectivity index (χ0n) is 17.0. The Balaban J connectivity index is 2.23. The molecule has 0 aliphatic carbocycles. The molecule has 2 aromatic rings. The molecule has 0 saturated heterocycles. The van der Waals surface area contributed by atoms with Gasteiger partial charge in [0.15, 0.2) is 0 Å². The number of rotatable bonds is 8. The minimum absolute atomic E-state index is 0.152. The van der Waals surface area contributed by atoms with Gasteiger partial charge in [-0.2, -0.15) is 5.10 Å². The van der Waals surface area contributed by atoms with Crippen LogP contribution in [0.15, 0.2) is 10.7 Å². The third kappa shape index (κ3) is 5.66. The number of halogens is 1.